The van der Waals surface area contributed by atoms with E-state index >= 15 is 0 Å². The molecule has 3 aliphatic heterocycles. The van der Waals surface area contributed by atoms with E-state index in [0.29, 0.717) is 68.9 Å². The van der Waals surface area contributed by atoms with Crippen molar-refractivity contribution >= 4 is 74.4 Å². The lowest BCUT2D eigenvalue weighted by Gasteiger charge is -2.36. The first kappa shape index (κ1) is 49.7. The Kier molecular flexibility index (Phi) is 16.3. The fourth-order valence-electron chi connectivity index (χ4n) is 9.72. The maximum atomic E-state index is 14.1. The quantitative estimate of drug-likeness (QED) is 0.0429. The Hall–Kier alpha value is -7.67. The molecule has 4 heterocycles. The molecule has 1 aromatic heterocycles. The third-order valence-corrected chi connectivity index (χ3v) is 13.7. The summed E-state index contributed by atoms with van der Waals surface area (Å²) in [6, 6.07) is 24.6. The van der Waals surface area contributed by atoms with Crippen LogP contribution in [0.5, 0.6) is 0 Å². The van der Waals surface area contributed by atoms with Crippen molar-refractivity contribution < 1.29 is 33.6 Å². The lowest BCUT2D eigenvalue weighted by atomic mass is 10.0. The van der Waals surface area contributed by atoms with Gasteiger partial charge in [0, 0.05) is 80.6 Å². The highest BCUT2D eigenvalue weighted by Crippen LogP contribution is 2.30. The third-order valence-electron chi connectivity index (χ3n) is 13.7. The summed E-state index contributed by atoms with van der Waals surface area (Å²) >= 11 is 0. The SMILES string of the molecule is CCCCCCCCC[C@H](NC(=O)CCCNc1ccc2c(c1)C(=O)N(C1CCC(=O)NC1=O)C2=O)C(=O)N1CCN(C(=O)c2ccc3cc(CCNc4ccnc5ccc(C#N)cc45)ccc3c2)CC1. The molecule has 0 radical (unpaired) electrons. The second kappa shape index (κ2) is 23.3. The summed E-state index contributed by atoms with van der Waals surface area (Å²) in [7, 11) is 0. The first-order valence-electron chi connectivity index (χ1n) is 25.0. The molecule has 8 rings (SSSR count). The van der Waals surface area contributed by atoms with Crippen molar-refractivity contribution in [2.45, 2.75) is 102 Å². The molecule has 2 fully saturated rings. The Morgan fingerprint density at radius 1 is 0.775 bits per heavy atom. The number of pyridine rings is 1. The molecule has 368 valence electrons. The van der Waals surface area contributed by atoms with E-state index in [4.69, 9.17) is 0 Å². The molecule has 0 aliphatic carbocycles. The topological polar surface area (TPSA) is 214 Å². The van der Waals surface area contributed by atoms with Crippen LogP contribution >= 0.6 is 0 Å². The molecule has 0 spiro atoms. The zero-order valence-corrected chi connectivity index (χ0v) is 40.3. The smallest absolute Gasteiger partial charge is 0.262 e. The van der Waals surface area contributed by atoms with Crippen LogP contribution in [-0.4, -0.2) is 112 Å². The summed E-state index contributed by atoms with van der Waals surface area (Å²) < 4.78 is 0. The molecule has 16 nitrogen and oxygen atoms in total. The van der Waals surface area contributed by atoms with Gasteiger partial charge in [-0.2, -0.15) is 5.26 Å². The molecule has 3 aliphatic rings. The summed E-state index contributed by atoms with van der Waals surface area (Å²) in [5.74, 6) is -2.75. The van der Waals surface area contributed by atoms with Crippen LogP contribution in [0.4, 0.5) is 11.4 Å². The zero-order valence-electron chi connectivity index (χ0n) is 40.3. The maximum absolute atomic E-state index is 14.1. The zero-order chi connectivity index (χ0) is 49.9. The van der Waals surface area contributed by atoms with Gasteiger partial charge in [-0.15, -0.1) is 0 Å². The monoisotopic (exact) mass is 959 g/mol. The second-order valence-corrected chi connectivity index (χ2v) is 18.7. The highest BCUT2D eigenvalue weighted by molar-refractivity contribution is 6.23. The van der Waals surface area contributed by atoms with Gasteiger partial charge in [0.05, 0.1) is 28.3 Å². The number of piperidine rings is 1. The first-order valence-corrected chi connectivity index (χ1v) is 25.0. The largest absolute Gasteiger partial charge is 0.385 e. The van der Waals surface area contributed by atoms with Crippen LogP contribution < -0.4 is 21.3 Å². The van der Waals surface area contributed by atoms with E-state index in [9.17, 15) is 38.8 Å². The predicted octanol–water partition coefficient (Wildman–Crippen LogP) is 7.12. The Bertz CT molecular complexity index is 2890. The van der Waals surface area contributed by atoms with Crippen LogP contribution in [0.25, 0.3) is 21.7 Å². The van der Waals surface area contributed by atoms with Gasteiger partial charge in [-0.3, -0.25) is 48.8 Å². The van der Waals surface area contributed by atoms with Gasteiger partial charge in [0.1, 0.15) is 12.1 Å². The van der Waals surface area contributed by atoms with E-state index in [1.807, 2.05) is 42.5 Å². The molecule has 2 saturated heterocycles. The van der Waals surface area contributed by atoms with Crippen molar-refractivity contribution in [3.63, 3.8) is 0 Å². The van der Waals surface area contributed by atoms with E-state index in [-0.39, 0.29) is 48.1 Å². The third kappa shape index (κ3) is 12.0. The van der Waals surface area contributed by atoms with E-state index in [2.05, 4.69) is 51.4 Å². The van der Waals surface area contributed by atoms with Gasteiger partial charge < -0.3 is 25.8 Å². The summed E-state index contributed by atoms with van der Waals surface area (Å²) in [5.41, 5.74) is 4.99. The number of amides is 7. The lowest BCUT2D eigenvalue weighted by Crippen LogP contribution is -2.55. The fraction of sp³-hybridized carbons (Fsp3) is 0.400. The maximum Gasteiger partial charge on any atom is 0.262 e. The molecule has 5 aromatic rings. The van der Waals surface area contributed by atoms with Gasteiger partial charge in [0.25, 0.3) is 17.7 Å². The van der Waals surface area contributed by atoms with Crippen LogP contribution in [0.3, 0.4) is 0 Å². The normalized spacial score (nSPS) is 16.2. The van der Waals surface area contributed by atoms with E-state index < -0.39 is 35.7 Å². The minimum Gasteiger partial charge on any atom is -0.385 e. The Morgan fingerprint density at radius 2 is 1.52 bits per heavy atom. The molecular formula is C55H61N9O7. The van der Waals surface area contributed by atoms with E-state index in [1.165, 1.54) is 25.3 Å². The van der Waals surface area contributed by atoms with Crippen LogP contribution in [0.1, 0.15) is 126 Å². The number of fused-ring (bicyclic) bond motifs is 3. The molecule has 71 heavy (non-hydrogen) atoms. The molecule has 16 heteroatoms. The van der Waals surface area contributed by atoms with Crippen molar-refractivity contribution in [3.05, 3.63) is 113 Å². The molecule has 0 bridgehead atoms. The molecule has 0 saturated carbocycles. The molecule has 4 aromatic carbocycles. The minimum atomic E-state index is -1.05. The van der Waals surface area contributed by atoms with Gasteiger partial charge in [-0.05, 0) is 96.6 Å². The minimum absolute atomic E-state index is 0.0372. The van der Waals surface area contributed by atoms with Gasteiger partial charge in [-0.25, -0.2) is 0 Å². The van der Waals surface area contributed by atoms with Crippen LogP contribution in [0.15, 0.2) is 85.1 Å². The number of imide groups is 2. The number of unbranched alkanes of at least 4 members (excludes halogenated alkanes) is 6. The second-order valence-electron chi connectivity index (χ2n) is 18.7. The molecule has 1 unspecified atom stereocenters. The number of aromatic nitrogens is 1. The lowest BCUT2D eigenvalue weighted by molar-refractivity contribution is -0.138. The van der Waals surface area contributed by atoms with Gasteiger partial charge in [0.15, 0.2) is 0 Å². The van der Waals surface area contributed by atoms with Gasteiger partial charge in [0.2, 0.25) is 23.6 Å². The molecule has 4 N–H and O–H groups in total. The van der Waals surface area contributed by atoms with Crippen LogP contribution in [0, 0.1) is 11.3 Å². The van der Waals surface area contributed by atoms with Gasteiger partial charge >= 0.3 is 0 Å². The van der Waals surface area contributed by atoms with Gasteiger partial charge in [-0.1, -0.05) is 76.1 Å². The number of rotatable bonds is 21. The Morgan fingerprint density at radius 3 is 2.31 bits per heavy atom. The standard InChI is InChI=1S/C55H61N9O7/c1-2-3-4-5-6-7-8-10-47(60-49(65)11-9-24-57-41-17-18-42-43(34-41)54(70)64(53(42)69)48-20-21-50(66)61-51(48)67)55(71)63-29-27-62(28-30-63)52(68)40-16-15-38-31-36(12-14-39(38)33-40)22-25-58-46-23-26-59-45-19-13-37(35-56)32-44(45)46/h12-19,23,26,31-34,47-48,57H,2-11,20-22,24-25,27-30H2,1H3,(H,58,59)(H,60,65)(H,61,66,67)/t47-,48?/m0/s1. The molecule has 2 atom stereocenters. The summed E-state index contributed by atoms with van der Waals surface area (Å²) in [5, 5.41) is 24.2. The summed E-state index contributed by atoms with van der Waals surface area (Å²) in [4.78, 5) is 101. The number of carbonyl (C=O) groups excluding carboxylic acids is 7. The van der Waals surface area contributed by atoms with Crippen molar-refractivity contribution in [2.75, 3.05) is 49.9 Å². The van der Waals surface area contributed by atoms with Crippen LogP contribution in [0.2, 0.25) is 0 Å². The number of piperazine rings is 1. The number of anilines is 2. The average molecular weight is 960 g/mol. The predicted molar refractivity (Wildman–Crippen MR) is 270 cm³/mol. The molecule has 7 amide bonds. The number of hydrogen-bond donors (Lipinski definition) is 4. The van der Waals surface area contributed by atoms with Crippen molar-refractivity contribution in [3.8, 4) is 6.07 Å². The summed E-state index contributed by atoms with van der Waals surface area (Å²) in [6.07, 6.45) is 11.3. The Labute approximate surface area is 413 Å². The number of nitrogens with zero attached hydrogens (tertiary/aromatic N) is 5. The fourth-order valence-corrected chi connectivity index (χ4v) is 9.72. The van der Waals surface area contributed by atoms with Crippen molar-refractivity contribution in [2.24, 2.45) is 0 Å². The Balaban J connectivity index is 0.810. The average Bonchev–Trinajstić information content (AvgIpc) is 3.63. The number of nitriles is 1. The first-order chi connectivity index (χ1) is 34.5. The molecular weight excluding hydrogens is 899 g/mol. The highest BCUT2D eigenvalue weighted by atomic mass is 16.2. The number of nitrogens with one attached hydrogen (secondary N) is 4. The number of benzene rings is 4. The van der Waals surface area contributed by atoms with Crippen LogP contribution in [-0.2, 0) is 25.6 Å². The number of carbonyl (C=O) groups is 7. The van der Waals surface area contributed by atoms with E-state index in [1.54, 1.807) is 34.2 Å². The number of hydrogen-bond acceptors (Lipinski definition) is 11. The summed E-state index contributed by atoms with van der Waals surface area (Å²) in [6.45, 7) is 4.72. The van der Waals surface area contributed by atoms with Crippen molar-refractivity contribution in [1.29, 1.82) is 5.26 Å². The highest BCUT2D eigenvalue weighted by Gasteiger charge is 2.44. The van der Waals surface area contributed by atoms with E-state index in [0.717, 1.165) is 69.9 Å². The van der Waals surface area contributed by atoms with Crippen molar-refractivity contribution in [1.82, 2.24) is 30.3 Å².